The first-order valence-electron chi connectivity index (χ1n) is 10.5. The number of carboxylic acids is 1. The van der Waals surface area contributed by atoms with Gasteiger partial charge in [-0.15, -0.1) is 0 Å². The van der Waals surface area contributed by atoms with E-state index in [1.807, 2.05) is 17.9 Å². The third kappa shape index (κ3) is 6.52. The number of carbonyl (C=O) groups excluding carboxylic acids is 1. The molecule has 166 valence electrons. The van der Waals surface area contributed by atoms with Gasteiger partial charge in [0.2, 0.25) is 0 Å². The average molecular weight is 429 g/mol. The number of rotatable bonds is 8. The Morgan fingerprint density at radius 1 is 1.06 bits per heavy atom. The summed E-state index contributed by atoms with van der Waals surface area (Å²) in [6, 6.07) is 13.9. The van der Waals surface area contributed by atoms with Gasteiger partial charge < -0.3 is 14.7 Å². The number of carbonyl (C=O) groups is 2. The van der Waals surface area contributed by atoms with Gasteiger partial charge in [0.05, 0.1) is 0 Å². The monoisotopic (exact) mass is 428 g/mol. The molecule has 0 unspecified atom stereocenters. The van der Waals surface area contributed by atoms with Crippen molar-refractivity contribution in [2.45, 2.75) is 45.3 Å². The van der Waals surface area contributed by atoms with Crippen molar-refractivity contribution in [3.05, 3.63) is 65.5 Å². The number of benzene rings is 2. The summed E-state index contributed by atoms with van der Waals surface area (Å²) in [5.74, 6) is -0.597. The molecule has 1 fully saturated rings. The molecule has 0 spiro atoms. The first-order valence-corrected chi connectivity index (χ1v) is 10.5. The molecular weight excluding hydrogens is 399 g/mol. The molecule has 6 nitrogen and oxygen atoms in total. The summed E-state index contributed by atoms with van der Waals surface area (Å²) in [6.45, 7) is 6.10. The van der Waals surface area contributed by atoms with E-state index < -0.39 is 5.97 Å². The molecular formula is C24H29FN2O4. The van der Waals surface area contributed by atoms with E-state index in [1.165, 1.54) is 12.1 Å². The van der Waals surface area contributed by atoms with Gasteiger partial charge in [-0.05, 0) is 55.7 Å². The van der Waals surface area contributed by atoms with Crippen molar-refractivity contribution in [2.24, 2.45) is 0 Å². The van der Waals surface area contributed by atoms with Gasteiger partial charge in [0.15, 0.2) is 6.61 Å². The van der Waals surface area contributed by atoms with Crippen LogP contribution in [0, 0.1) is 5.82 Å². The Hall–Kier alpha value is -2.93. The van der Waals surface area contributed by atoms with Gasteiger partial charge in [-0.1, -0.05) is 24.3 Å². The lowest BCUT2D eigenvalue weighted by molar-refractivity contribution is -0.139. The highest BCUT2D eigenvalue weighted by Crippen LogP contribution is 2.20. The predicted octanol–water partition coefficient (Wildman–Crippen LogP) is 3.34. The third-order valence-electron chi connectivity index (χ3n) is 5.62. The van der Waals surface area contributed by atoms with Crippen molar-refractivity contribution in [2.75, 3.05) is 19.7 Å². The van der Waals surface area contributed by atoms with Crippen LogP contribution < -0.4 is 4.74 Å². The van der Waals surface area contributed by atoms with Gasteiger partial charge in [-0.25, -0.2) is 4.39 Å². The smallest absolute Gasteiger partial charge is 0.303 e. The van der Waals surface area contributed by atoms with Gasteiger partial charge in [0.25, 0.3) is 5.91 Å². The molecule has 2 atom stereocenters. The topological polar surface area (TPSA) is 70.1 Å². The number of aryl methyl sites for hydroxylation is 1. The Morgan fingerprint density at radius 2 is 1.81 bits per heavy atom. The SMILES string of the molecule is C[C@@H]1CN(C(=O)COc2cccc(CCC(=O)O)c2)[C@@H](C)CN1Cc1ccc(F)cc1. The Balaban J connectivity index is 1.52. The van der Waals surface area contributed by atoms with Crippen LogP contribution in [0.1, 0.15) is 31.4 Å². The molecule has 0 aromatic heterocycles. The van der Waals surface area contributed by atoms with E-state index in [0.29, 0.717) is 25.3 Å². The minimum atomic E-state index is -0.844. The van der Waals surface area contributed by atoms with E-state index in [-0.39, 0.29) is 36.8 Å². The maximum atomic E-state index is 13.1. The molecule has 0 aliphatic carbocycles. The number of halogens is 1. The van der Waals surface area contributed by atoms with Gasteiger partial charge >= 0.3 is 5.97 Å². The van der Waals surface area contributed by atoms with Crippen LogP contribution in [0.15, 0.2) is 48.5 Å². The fraction of sp³-hybridized carbons (Fsp3) is 0.417. The molecule has 2 aromatic rings. The molecule has 3 rings (SSSR count). The molecule has 1 N–H and O–H groups in total. The summed E-state index contributed by atoms with van der Waals surface area (Å²) in [7, 11) is 0. The molecule has 0 saturated carbocycles. The fourth-order valence-corrected chi connectivity index (χ4v) is 3.86. The van der Waals surface area contributed by atoms with E-state index >= 15 is 0 Å². The summed E-state index contributed by atoms with van der Waals surface area (Å²) in [6.07, 6.45) is 0.477. The van der Waals surface area contributed by atoms with Crippen LogP contribution in [0.25, 0.3) is 0 Å². The van der Waals surface area contributed by atoms with Gasteiger partial charge in [0.1, 0.15) is 11.6 Å². The highest BCUT2D eigenvalue weighted by molar-refractivity contribution is 5.78. The number of hydrogen-bond acceptors (Lipinski definition) is 4. The summed E-state index contributed by atoms with van der Waals surface area (Å²) >= 11 is 0. The normalized spacial score (nSPS) is 19.3. The van der Waals surface area contributed by atoms with E-state index in [9.17, 15) is 14.0 Å². The highest BCUT2D eigenvalue weighted by Gasteiger charge is 2.32. The van der Waals surface area contributed by atoms with Crippen LogP contribution in [0.2, 0.25) is 0 Å². The number of ether oxygens (including phenoxy) is 1. The Bertz CT molecular complexity index is 903. The minimum absolute atomic E-state index is 0.0367. The van der Waals surface area contributed by atoms with Crippen LogP contribution >= 0.6 is 0 Å². The number of piperazine rings is 1. The number of hydrogen-bond donors (Lipinski definition) is 1. The maximum Gasteiger partial charge on any atom is 0.303 e. The second-order valence-corrected chi connectivity index (χ2v) is 8.13. The molecule has 31 heavy (non-hydrogen) atoms. The molecule has 1 heterocycles. The minimum Gasteiger partial charge on any atom is -0.484 e. The van der Waals surface area contributed by atoms with Crippen LogP contribution in [0.4, 0.5) is 4.39 Å². The Morgan fingerprint density at radius 3 is 2.52 bits per heavy atom. The van der Waals surface area contributed by atoms with E-state index in [2.05, 4.69) is 11.8 Å². The number of nitrogens with zero attached hydrogens (tertiary/aromatic N) is 2. The lowest BCUT2D eigenvalue weighted by Crippen LogP contribution is -2.58. The van der Waals surface area contributed by atoms with Crippen LogP contribution in [0.3, 0.4) is 0 Å². The van der Waals surface area contributed by atoms with Crippen molar-refractivity contribution < 1.29 is 23.8 Å². The molecule has 0 bridgehead atoms. The van der Waals surface area contributed by atoms with Crippen molar-refractivity contribution >= 4 is 11.9 Å². The molecule has 1 aliphatic heterocycles. The number of carboxylic acid groups (broad SMARTS) is 1. The number of aliphatic carboxylic acids is 1. The maximum absolute atomic E-state index is 13.1. The summed E-state index contributed by atoms with van der Waals surface area (Å²) in [5, 5.41) is 8.82. The molecule has 2 aromatic carbocycles. The van der Waals surface area contributed by atoms with E-state index in [0.717, 1.165) is 17.7 Å². The Kier molecular flexibility index (Phi) is 7.63. The van der Waals surface area contributed by atoms with Crippen molar-refractivity contribution in [3.8, 4) is 5.75 Å². The first-order chi connectivity index (χ1) is 14.8. The number of amides is 1. The largest absolute Gasteiger partial charge is 0.484 e. The summed E-state index contributed by atoms with van der Waals surface area (Å²) in [4.78, 5) is 27.7. The fourth-order valence-electron chi connectivity index (χ4n) is 3.86. The predicted molar refractivity (Wildman–Crippen MR) is 115 cm³/mol. The molecule has 1 saturated heterocycles. The lowest BCUT2D eigenvalue weighted by Gasteiger charge is -2.44. The standard InChI is InChI=1S/C24H29FN2O4/c1-17-14-27(18(2)13-26(17)15-20-6-9-21(25)10-7-20)23(28)16-31-22-5-3-4-19(12-22)8-11-24(29)30/h3-7,9-10,12,17-18H,8,11,13-16H2,1-2H3,(H,29,30)/t17-,18+/m1/s1. The molecule has 1 aliphatic rings. The van der Waals surface area contributed by atoms with Gasteiger partial charge in [0, 0.05) is 38.1 Å². The summed E-state index contributed by atoms with van der Waals surface area (Å²) < 4.78 is 18.8. The second kappa shape index (κ2) is 10.4. The van der Waals surface area contributed by atoms with Crippen molar-refractivity contribution in [1.29, 1.82) is 0 Å². The van der Waals surface area contributed by atoms with Crippen molar-refractivity contribution in [1.82, 2.24) is 9.80 Å². The first kappa shape index (κ1) is 22.7. The van der Waals surface area contributed by atoms with E-state index in [1.54, 1.807) is 30.3 Å². The molecule has 0 radical (unpaired) electrons. The van der Waals surface area contributed by atoms with Crippen LogP contribution in [-0.4, -0.2) is 58.6 Å². The van der Waals surface area contributed by atoms with Crippen LogP contribution in [0.5, 0.6) is 5.75 Å². The van der Waals surface area contributed by atoms with Gasteiger partial charge in [-0.2, -0.15) is 0 Å². The van der Waals surface area contributed by atoms with E-state index in [4.69, 9.17) is 9.84 Å². The second-order valence-electron chi connectivity index (χ2n) is 8.13. The lowest BCUT2D eigenvalue weighted by atomic mass is 10.1. The van der Waals surface area contributed by atoms with Gasteiger partial charge in [-0.3, -0.25) is 14.5 Å². The zero-order valence-electron chi connectivity index (χ0n) is 18.0. The van der Waals surface area contributed by atoms with Crippen molar-refractivity contribution in [3.63, 3.8) is 0 Å². The highest BCUT2D eigenvalue weighted by atomic mass is 19.1. The Labute approximate surface area is 182 Å². The summed E-state index contributed by atoms with van der Waals surface area (Å²) in [5.41, 5.74) is 1.91. The quantitative estimate of drug-likeness (QED) is 0.698. The molecule has 1 amide bonds. The third-order valence-corrected chi connectivity index (χ3v) is 5.62. The van der Waals surface area contributed by atoms with Crippen LogP contribution in [-0.2, 0) is 22.6 Å². The molecule has 7 heteroatoms. The average Bonchev–Trinajstić information content (AvgIpc) is 2.74. The zero-order valence-corrected chi connectivity index (χ0v) is 18.0. The zero-order chi connectivity index (χ0) is 22.4.